The Labute approximate surface area is 187 Å². The van der Waals surface area contributed by atoms with Gasteiger partial charge in [-0.05, 0) is 39.7 Å². The second-order valence-electron chi connectivity index (χ2n) is 8.51. The number of piperidine rings is 1. The van der Waals surface area contributed by atoms with E-state index in [1.807, 2.05) is 36.9 Å². The van der Waals surface area contributed by atoms with Gasteiger partial charge in [0.05, 0.1) is 17.2 Å². The normalized spacial score (nSPS) is 22.6. The zero-order chi connectivity index (χ0) is 22.1. The van der Waals surface area contributed by atoms with Gasteiger partial charge >= 0.3 is 0 Å². The topological polar surface area (TPSA) is 75.9 Å². The lowest BCUT2D eigenvalue weighted by molar-refractivity contribution is -0.148. The maximum atomic E-state index is 13.3. The molecule has 2 fully saturated rings. The molecule has 2 atom stereocenters. The lowest BCUT2D eigenvalue weighted by Crippen LogP contribution is -2.51. The molecular weight excluding hydrogens is 418 g/mol. The Morgan fingerprint density at radius 2 is 1.71 bits per heavy atom. The Kier molecular flexibility index (Phi) is 6.34. The molecule has 2 unspecified atom stereocenters. The van der Waals surface area contributed by atoms with Crippen molar-refractivity contribution in [3.8, 4) is 11.3 Å². The van der Waals surface area contributed by atoms with Crippen molar-refractivity contribution in [3.63, 3.8) is 0 Å². The molecule has 2 aliphatic heterocycles. The molecule has 0 bridgehead atoms. The fourth-order valence-corrected chi connectivity index (χ4v) is 4.79. The van der Waals surface area contributed by atoms with Crippen LogP contribution in [0.3, 0.4) is 0 Å². The Balaban J connectivity index is 1.44. The minimum Gasteiger partial charge on any atom is -0.372 e. The number of benzene rings is 1. The van der Waals surface area contributed by atoms with Crippen molar-refractivity contribution in [3.05, 3.63) is 40.6 Å². The highest BCUT2D eigenvalue weighted by Crippen LogP contribution is 2.32. The van der Waals surface area contributed by atoms with Crippen molar-refractivity contribution in [2.75, 3.05) is 26.2 Å². The van der Waals surface area contributed by atoms with Gasteiger partial charge in [0.2, 0.25) is 5.91 Å². The number of hydrogen-bond donors (Lipinski definition) is 0. The number of morpholine rings is 1. The number of rotatable bonds is 3. The molecule has 2 saturated heterocycles. The fourth-order valence-electron chi connectivity index (χ4n) is 4.56. The third-order valence-corrected chi connectivity index (χ3v) is 6.40. The van der Waals surface area contributed by atoms with E-state index in [0.717, 1.165) is 0 Å². The average Bonchev–Trinajstić information content (AvgIpc) is 3.13. The predicted octanol–water partition coefficient (Wildman–Crippen LogP) is 3.79. The molecule has 2 amide bonds. The van der Waals surface area contributed by atoms with Crippen LogP contribution in [0.1, 0.15) is 42.8 Å². The van der Waals surface area contributed by atoms with Crippen molar-refractivity contribution >= 4 is 23.4 Å². The number of ether oxygens (including phenoxy) is 1. The molecule has 2 aromatic rings. The lowest BCUT2D eigenvalue weighted by atomic mass is 9.94. The summed E-state index contributed by atoms with van der Waals surface area (Å²) in [6.45, 7) is 8.03. The summed E-state index contributed by atoms with van der Waals surface area (Å²) in [7, 11) is 0. The summed E-state index contributed by atoms with van der Waals surface area (Å²) in [5.41, 5.74) is 1.57. The van der Waals surface area contributed by atoms with E-state index in [1.54, 1.807) is 17.9 Å². The number of nitrogens with zero attached hydrogens (tertiary/aromatic N) is 3. The summed E-state index contributed by atoms with van der Waals surface area (Å²) in [5.74, 6) is 0.447. The minimum atomic E-state index is -0.131. The minimum absolute atomic E-state index is 0.0502. The maximum Gasteiger partial charge on any atom is 0.259 e. The van der Waals surface area contributed by atoms with Gasteiger partial charge in [0.15, 0.2) is 0 Å². The van der Waals surface area contributed by atoms with E-state index in [0.29, 0.717) is 66.6 Å². The van der Waals surface area contributed by atoms with E-state index in [2.05, 4.69) is 5.16 Å². The van der Waals surface area contributed by atoms with Crippen LogP contribution < -0.4 is 0 Å². The van der Waals surface area contributed by atoms with Gasteiger partial charge in [0, 0.05) is 37.7 Å². The molecule has 166 valence electrons. The highest BCUT2D eigenvalue weighted by Gasteiger charge is 2.35. The highest BCUT2D eigenvalue weighted by atomic mass is 35.5. The Bertz CT molecular complexity index is 957. The van der Waals surface area contributed by atoms with Gasteiger partial charge in [0.25, 0.3) is 5.91 Å². The van der Waals surface area contributed by atoms with Gasteiger partial charge in [-0.2, -0.15) is 0 Å². The van der Waals surface area contributed by atoms with Crippen LogP contribution in [-0.2, 0) is 9.53 Å². The van der Waals surface area contributed by atoms with E-state index in [9.17, 15) is 9.59 Å². The van der Waals surface area contributed by atoms with Gasteiger partial charge in [-0.1, -0.05) is 35.0 Å². The summed E-state index contributed by atoms with van der Waals surface area (Å²) in [4.78, 5) is 30.0. The van der Waals surface area contributed by atoms with Crippen LogP contribution in [0.25, 0.3) is 11.3 Å². The Hall–Kier alpha value is -2.38. The van der Waals surface area contributed by atoms with Gasteiger partial charge in [-0.3, -0.25) is 9.59 Å². The molecule has 0 aliphatic carbocycles. The summed E-state index contributed by atoms with van der Waals surface area (Å²) < 4.78 is 11.1. The molecular formula is C23H28ClN3O4. The molecule has 7 nitrogen and oxygen atoms in total. The first-order valence-corrected chi connectivity index (χ1v) is 11.2. The van der Waals surface area contributed by atoms with Crippen LogP contribution in [0.15, 0.2) is 28.8 Å². The van der Waals surface area contributed by atoms with E-state index in [-0.39, 0.29) is 29.9 Å². The number of amides is 2. The summed E-state index contributed by atoms with van der Waals surface area (Å²) in [5, 5.41) is 4.62. The van der Waals surface area contributed by atoms with Gasteiger partial charge in [-0.15, -0.1) is 0 Å². The first kappa shape index (κ1) is 21.8. The zero-order valence-corrected chi connectivity index (χ0v) is 18.9. The smallest absolute Gasteiger partial charge is 0.259 e. The molecule has 0 N–H and O–H groups in total. The molecule has 3 heterocycles. The number of carbonyl (C=O) groups is 2. The molecule has 0 spiro atoms. The molecule has 0 radical (unpaired) electrons. The first-order chi connectivity index (χ1) is 14.8. The van der Waals surface area contributed by atoms with E-state index in [4.69, 9.17) is 20.9 Å². The van der Waals surface area contributed by atoms with Crippen LogP contribution >= 0.6 is 11.6 Å². The van der Waals surface area contributed by atoms with E-state index in [1.165, 1.54) is 0 Å². The third kappa shape index (κ3) is 4.48. The quantitative estimate of drug-likeness (QED) is 0.718. The molecule has 1 aromatic heterocycles. The summed E-state index contributed by atoms with van der Waals surface area (Å²) in [6.07, 6.45) is 1.40. The van der Waals surface area contributed by atoms with Crippen LogP contribution in [0.4, 0.5) is 0 Å². The van der Waals surface area contributed by atoms with Crippen molar-refractivity contribution in [1.82, 2.24) is 15.0 Å². The number of halogens is 1. The van der Waals surface area contributed by atoms with Crippen molar-refractivity contribution in [1.29, 1.82) is 0 Å². The number of carbonyl (C=O) groups excluding carboxylic acids is 2. The van der Waals surface area contributed by atoms with Crippen LogP contribution in [0.2, 0.25) is 5.02 Å². The molecule has 1 aromatic carbocycles. The third-order valence-electron chi connectivity index (χ3n) is 6.07. The van der Waals surface area contributed by atoms with Crippen LogP contribution in [0.5, 0.6) is 0 Å². The van der Waals surface area contributed by atoms with Gasteiger partial charge < -0.3 is 19.1 Å². The standard InChI is InChI=1S/C23H28ClN3O4/c1-14-12-27(13-15(2)30-14)22(28)17-8-10-26(11-9-17)23(29)20-16(3)31-25-21(20)18-6-4-5-7-19(18)24/h4-7,14-15,17H,8-13H2,1-3H3. The molecule has 31 heavy (non-hydrogen) atoms. The predicted molar refractivity (Wildman–Crippen MR) is 117 cm³/mol. The highest BCUT2D eigenvalue weighted by molar-refractivity contribution is 6.33. The van der Waals surface area contributed by atoms with Crippen LogP contribution in [0, 0.1) is 12.8 Å². The Morgan fingerprint density at radius 1 is 1.06 bits per heavy atom. The van der Waals surface area contributed by atoms with E-state index < -0.39 is 0 Å². The largest absolute Gasteiger partial charge is 0.372 e. The van der Waals surface area contributed by atoms with Crippen molar-refractivity contribution < 1.29 is 18.8 Å². The van der Waals surface area contributed by atoms with Gasteiger partial charge in [-0.25, -0.2) is 0 Å². The second kappa shape index (κ2) is 9.01. The second-order valence-corrected chi connectivity index (χ2v) is 8.92. The number of aryl methyl sites for hydroxylation is 1. The zero-order valence-electron chi connectivity index (χ0n) is 18.1. The number of hydrogen-bond acceptors (Lipinski definition) is 5. The molecule has 2 aliphatic rings. The average molecular weight is 446 g/mol. The molecule has 0 saturated carbocycles. The number of aromatic nitrogens is 1. The molecule has 4 rings (SSSR count). The van der Waals surface area contributed by atoms with Crippen molar-refractivity contribution in [2.45, 2.75) is 45.8 Å². The SMILES string of the molecule is Cc1onc(-c2ccccc2Cl)c1C(=O)N1CCC(C(=O)N2CC(C)OC(C)C2)CC1. The summed E-state index contributed by atoms with van der Waals surface area (Å²) in [6, 6.07) is 7.27. The fraction of sp³-hybridized carbons (Fsp3) is 0.522. The monoisotopic (exact) mass is 445 g/mol. The van der Waals surface area contributed by atoms with Crippen LogP contribution in [-0.4, -0.2) is 65.2 Å². The number of likely N-dealkylation sites (tertiary alicyclic amines) is 1. The Morgan fingerprint density at radius 3 is 2.35 bits per heavy atom. The molecule has 8 heteroatoms. The van der Waals surface area contributed by atoms with Crippen molar-refractivity contribution in [2.24, 2.45) is 5.92 Å². The van der Waals surface area contributed by atoms with E-state index >= 15 is 0 Å². The first-order valence-electron chi connectivity index (χ1n) is 10.8. The maximum absolute atomic E-state index is 13.3. The lowest BCUT2D eigenvalue weighted by Gasteiger charge is -2.39. The summed E-state index contributed by atoms with van der Waals surface area (Å²) >= 11 is 6.32. The van der Waals surface area contributed by atoms with Gasteiger partial charge in [0.1, 0.15) is 17.0 Å².